The van der Waals surface area contributed by atoms with Crippen molar-refractivity contribution >= 4 is 35.8 Å². The van der Waals surface area contributed by atoms with Gasteiger partial charge in [-0.15, -0.1) is 0 Å². The minimum atomic E-state index is -0.828. The summed E-state index contributed by atoms with van der Waals surface area (Å²) in [5.74, 6) is -2.06. The van der Waals surface area contributed by atoms with Crippen molar-refractivity contribution in [3.8, 4) is 0 Å². The van der Waals surface area contributed by atoms with Gasteiger partial charge in [0.1, 0.15) is 11.7 Å². The Morgan fingerprint density at radius 1 is 1.30 bits per heavy atom. The van der Waals surface area contributed by atoms with E-state index in [2.05, 4.69) is 10.3 Å². The minimum Gasteiger partial charge on any atom is -0.468 e. The number of halogens is 1. The lowest BCUT2D eigenvalue weighted by atomic mass is 9.75. The number of carbonyl (C=O) groups is 3. The SMILES string of the molecule is CCOC(=O)C1=C(CSCCNC=O)N=C(C)C(C(=O)OC)C1c1ccc(F)cc1. The number of methoxy groups -OCH3 is 1. The number of hydrogen-bond donors (Lipinski definition) is 1. The van der Waals surface area contributed by atoms with E-state index in [1.807, 2.05) is 0 Å². The second kappa shape index (κ2) is 11.5. The van der Waals surface area contributed by atoms with Gasteiger partial charge in [0.05, 0.1) is 25.0 Å². The van der Waals surface area contributed by atoms with E-state index in [0.29, 0.717) is 41.4 Å². The van der Waals surface area contributed by atoms with Crippen molar-refractivity contribution < 1.29 is 28.2 Å². The Morgan fingerprint density at radius 2 is 2.00 bits per heavy atom. The number of carbonyl (C=O) groups excluding carboxylic acids is 3. The van der Waals surface area contributed by atoms with Gasteiger partial charge < -0.3 is 14.8 Å². The molecule has 0 saturated heterocycles. The van der Waals surface area contributed by atoms with Gasteiger partial charge in [-0.1, -0.05) is 12.1 Å². The number of hydrogen-bond acceptors (Lipinski definition) is 7. The molecule has 0 spiro atoms. The largest absolute Gasteiger partial charge is 0.468 e. The van der Waals surface area contributed by atoms with Gasteiger partial charge >= 0.3 is 11.9 Å². The fourth-order valence-corrected chi connectivity index (χ4v) is 4.14. The van der Waals surface area contributed by atoms with E-state index < -0.39 is 29.6 Å². The van der Waals surface area contributed by atoms with E-state index in [1.165, 1.54) is 31.0 Å². The van der Waals surface area contributed by atoms with Crippen molar-refractivity contribution in [1.29, 1.82) is 0 Å². The average molecular weight is 437 g/mol. The van der Waals surface area contributed by atoms with Crippen molar-refractivity contribution in [3.63, 3.8) is 0 Å². The number of thioether (sulfide) groups is 1. The van der Waals surface area contributed by atoms with Crippen LogP contribution in [0.25, 0.3) is 0 Å². The molecule has 9 heteroatoms. The maximum absolute atomic E-state index is 13.5. The van der Waals surface area contributed by atoms with E-state index in [4.69, 9.17) is 9.47 Å². The first kappa shape index (κ1) is 23.6. The molecule has 1 amide bonds. The van der Waals surface area contributed by atoms with Gasteiger partial charge in [0.2, 0.25) is 6.41 Å². The molecular weight excluding hydrogens is 411 g/mol. The second-order valence-electron chi connectivity index (χ2n) is 6.49. The first-order chi connectivity index (χ1) is 14.4. The number of nitrogens with zero attached hydrogens (tertiary/aromatic N) is 1. The molecule has 1 N–H and O–H groups in total. The van der Waals surface area contributed by atoms with Crippen molar-refractivity contribution in [2.75, 3.05) is 31.8 Å². The van der Waals surface area contributed by atoms with Gasteiger partial charge in [-0.2, -0.15) is 11.8 Å². The molecule has 0 aromatic heterocycles. The second-order valence-corrected chi connectivity index (χ2v) is 7.59. The van der Waals surface area contributed by atoms with Crippen LogP contribution in [-0.2, 0) is 23.9 Å². The molecular formula is C21H25FN2O5S. The van der Waals surface area contributed by atoms with Crippen LogP contribution in [0.3, 0.4) is 0 Å². The highest BCUT2D eigenvalue weighted by atomic mass is 32.2. The molecule has 1 aliphatic heterocycles. The van der Waals surface area contributed by atoms with Crippen LogP contribution in [0, 0.1) is 11.7 Å². The number of benzene rings is 1. The Labute approximate surface area is 179 Å². The average Bonchev–Trinajstić information content (AvgIpc) is 2.73. The van der Waals surface area contributed by atoms with E-state index in [0.717, 1.165) is 0 Å². The summed E-state index contributed by atoms with van der Waals surface area (Å²) in [6.45, 7) is 4.04. The van der Waals surface area contributed by atoms with Crippen LogP contribution in [-0.4, -0.2) is 55.8 Å². The molecule has 2 unspecified atom stereocenters. The summed E-state index contributed by atoms with van der Waals surface area (Å²) < 4.78 is 23.8. The molecule has 0 saturated carbocycles. The Bertz CT molecular complexity index is 838. The van der Waals surface area contributed by atoms with Gasteiger partial charge in [0, 0.05) is 29.7 Å². The maximum atomic E-state index is 13.5. The van der Waals surface area contributed by atoms with Crippen LogP contribution in [0.2, 0.25) is 0 Å². The predicted octanol–water partition coefficient (Wildman–Crippen LogP) is 2.47. The summed E-state index contributed by atoms with van der Waals surface area (Å²) in [5.41, 5.74) is 1.86. The summed E-state index contributed by atoms with van der Waals surface area (Å²) in [6, 6.07) is 5.67. The molecule has 162 valence electrons. The Kier molecular flexibility index (Phi) is 9.04. The summed E-state index contributed by atoms with van der Waals surface area (Å²) >= 11 is 1.49. The quantitative estimate of drug-likeness (QED) is 0.344. The molecule has 30 heavy (non-hydrogen) atoms. The van der Waals surface area contributed by atoms with E-state index in [9.17, 15) is 18.8 Å². The predicted molar refractivity (Wildman–Crippen MR) is 113 cm³/mol. The normalized spacial score (nSPS) is 18.5. The molecule has 2 atom stereocenters. The zero-order valence-corrected chi connectivity index (χ0v) is 18.0. The molecule has 0 radical (unpaired) electrons. The monoisotopic (exact) mass is 436 g/mol. The first-order valence-corrected chi connectivity index (χ1v) is 10.6. The number of amides is 1. The number of rotatable bonds is 10. The molecule has 1 aliphatic rings. The zero-order valence-electron chi connectivity index (χ0n) is 17.1. The van der Waals surface area contributed by atoms with Gasteiger partial charge in [-0.3, -0.25) is 14.6 Å². The van der Waals surface area contributed by atoms with Crippen LogP contribution in [0.4, 0.5) is 4.39 Å². The van der Waals surface area contributed by atoms with Crippen LogP contribution >= 0.6 is 11.8 Å². The van der Waals surface area contributed by atoms with E-state index >= 15 is 0 Å². The first-order valence-electron chi connectivity index (χ1n) is 9.47. The van der Waals surface area contributed by atoms with Crippen molar-refractivity contribution in [1.82, 2.24) is 5.32 Å². The molecule has 0 bridgehead atoms. The number of ether oxygens (including phenoxy) is 2. The smallest absolute Gasteiger partial charge is 0.336 e. The number of nitrogens with one attached hydrogen (secondary N) is 1. The third-order valence-electron chi connectivity index (χ3n) is 4.61. The summed E-state index contributed by atoms with van der Waals surface area (Å²) in [5, 5.41) is 2.58. The fraction of sp³-hybridized carbons (Fsp3) is 0.429. The Hall–Kier alpha value is -2.68. The maximum Gasteiger partial charge on any atom is 0.336 e. The highest BCUT2D eigenvalue weighted by Crippen LogP contribution is 2.41. The Balaban J connectivity index is 2.53. The molecule has 2 rings (SSSR count). The summed E-state index contributed by atoms with van der Waals surface area (Å²) in [4.78, 5) is 40.4. The van der Waals surface area contributed by atoms with Crippen molar-refractivity contribution in [2.45, 2.75) is 19.8 Å². The minimum absolute atomic E-state index is 0.160. The van der Waals surface area contributed by atoms with Gasteiger partial charge in [0.15, 0.2) is 0 Å². The van der Waals surface area contributed by atoms with Crippen LogP contribution in [0.1, 0.15) is 25.3 Å². The Morgan fingerprint density at radius 3 is 2.60 bits per heavy atom. The molecule has 0 aliphatic carbocycles. The van der Waals surface area contributed by atoms with E-state index in [1.54, 1.807) is 26.0 Å². The van der Waals surface area contributed by atoms with Crippen LogP contribution < -0.4 is 5.32 Å². The number of aliphatic imine (C=N–C) groups is 1. The van der Waals surface area contributed by atoms with Crippen LogP contribution in [0.15, 0.2) is 40.5 Å². The summed E-state index contributed by atoms with van der Waals surface area (Å²) in [7, 11) is 1.27. The highest BCUT2D eigenvalue weighted by molar-refractivity contribution is 7.99. The highest BCUT2D eigenvalue weighted by Gasteiger charge is 2.42. The molecule has 1 aromatic rings. The number of esters is 2. The van der Waals surface area contributed by atoms with Crippen molar-refractivity contribution in [2.24, 2.45) is 10.9 Å². The molecule has 1 heterocycles. The lowest BCUT2D eigenvalue weighted by Crippen LogP contribution is -2.36. The van der Waals surface area contributed by atoms with E-state index in [-0.39, 0.29) is 12.2 Å². The van der Waals surface area contributed by atoms with Crippen molar-refractivity contribution in [3.05, 3.63) is 46.9 Å². The van der Waals surface area contributed by atoms with Crippen LogP contribution in [0.5, 0.6) is 0 Å². The van der Waals surface area contributed by atoms with Gasteiger partial charge in [-0.05, 0) is 31.5 Å². The molecule has 0 fully saturated rings. The fourth-order valence-electron chi connectivity index (χ4n) is 3.32. The molecule has 1 aromatic carbocycles. The topological polar surface area (TPSA) is 94.1 Å². The van der Waals surface area contributed by atoms with Gasteiger partial charge in [-0.25, -0.2) is 9.18 Å². The van der Waals surface area contributed by atoms with Gasteiger partial charge in [0.25, 0.3) is 0 Å². The third-order valence-corrected chi connectivity index (χ3v) is 5.58. The standard InChI is InChI=1S/C21H25FN2O5S/c1-4-29-21(27)19-16(11-30-10-9-23-12-25)24-13(2)17(20(26)28-3)18(19)14-5-7-15(22)8-6-14/h5-8,12,17-18H,4,9-11H2,1-3H3,(H,23,25). The zero-order chi connectivity index (χ0) is 22.1. The lowest BCUT2D eigenvalue weighted by Gasteiger charge is -2.32. The molecule has 7 nitrogen and oxygen atoms in total. The third kappa shape index (κ3) is 5.69. The lowest BCUT2D eigenvalue weighted by molar-refractivity contribution is -0.144. The summed E-state index contributed by atoms with van der Waals surface area (Å²) in [6.07, 6.45) is 0.623.